The van der Waals surface area contributed by atoms with E-state index in [1.165, 1.54) is 12.1 Å². The molecule has 2 atom stereocenters. The molecule has 0 aliphatic carbocycles. The first kappa shape index (κ1) is 20.7. The van der Waals surface area contributed by atoms with E-state index in [9.17, 15) is 9.18 Å². The van der Waals surface area contributed by atoms with E-state index in [4.69, 9.17) is 10.0 Å². The molecule has 3 N–H and O–H groups in total. The Bertz CT molecular complexity index is 1240. The predicted molar refractivity (Wildman–Crippen MR) is 119 cm³/mol. The molecule has 2 heterocycles. The van der Waals surface area contributed by atoms with Crippen molar-refractivity contribution >= 4 is 28.5 Å². The molecule has 0 saturated heterocycles. The minimum atomic E-state index is -1.00. The van der Waals surface area contributed by atoms with Crippen molar-refractivity contribution in [3.8, 4) is 6.07 Å². The first-order chi connectivity index (χ1) is 15.0. The molecule has 0 radical (unpaired) electrons. The largest absolute Gasteiger partial charge is 0.345 e. The van der Waals surface area contributed by atoms with E-state index < -0.39 is 16.7 Å². The van der Waals surface area contributed by atoms with Gasteiger partial charge < -0.3 is 9.88 Å². The molecule has 1 unspecified atom stereocenters. The summed E-state index contributed by atoms with van der Waals surface area (Å²) in [5.41, 5.74) is 2.45. The number of carbonyl (C=O) groups is 1. The zero-order valence-electron chi connectivity index (χ0n) is 16.7. The van der Waals surface area contributed by atoms with Crippen LogP contribution in [0.25, 0.3) is 6.08 Å². The quantitative estimate of drug-likeness (QED) is 0.576. The molecule has 0 bridgehead atoms. The van der Waals surface area contributed by atoms with Crippen LogP contribution >= 0.6 is 0 Å². The summed E-state index contributed by atoms with van der Waals surface area (Å²) < 4.78 is 27.2. The maximum Gasteiger partial charge on any atom is 0.272 e. The van der Waals surface area contributed by atoms with Crippen LogP contribution in [0, 0.1) is 21.9 Å². The van der Waals surface area contributed by atoms with Gasteiger partial charge in [0.15, 0.2) is 0 Å². The summed E-state index contributed by atoms with van der Waals surface area (Å²) in [6.07, 6.45) is 6.39. The van der Waals surface area contributed by atoms with E-state index in [-0.39, 0.29) is 17.5 Å². The molecule has 0 fully saturated rings. The molecule has 6 nitrogen and oxygen atoms in total. The minimum absolute atomic E-state index is 0.0351. The number of aromatic nitrogens is 1. The topological polar surface area (TPSA) is 93.7 Å². The van der Waals surface area contributed by atoms with Crippen molar-refractivity contribution in [3.63, 3.8) is 0 Å². The van der Waals surface area contributed by atoms with Crippen molar-refractivity contribution in [2.45, 2.75) is 17.4 Å². The molecule has 156 valence electrons. The van der Waals surface area contributed by atoms with E-state index in [2.05, 4.69) is 10.0 Å². The number of aryl methyl sites for hydroxylation is 1. The summed E-state index contributed by atoms with van der Waals surface area (Å²) in [5.74, 6) is -1.02. The second kappa shape index (κ2) is 8.68. The average molecular weight is 434 g/mol. The normalized spacial score (nSPS) is 17.5. The summed E-state index contributed by atoms with van der Waals surface area (Å²) in [6.45, 7) is 0. The number of halogens is 1. The van der Waals surface area contributed by atoms with E-state index >= 15 is 0 Å². The monoisotopic (exact) mass is 433 g/mol. The van der Waals surface area contributed by atoms with Gasteiger partial charge in [-0.3, -0.25) is 9.57 Å². The van der Waals surface area contributed by atoms with Gasteiger partial charge in [0.05, 0.1) is 10.5 Å². The van der Waals surface area contributed by atoms with Crippen molar-refractivity contribution in [1.82, 2.24) is 9.29 Å². The molecular formula is C23H20FN5OS. The van der Waals surface area contributed by atoms with Crippen LogP contribution in [0.15, 0.2) is 65.7 Å². The number of nitrogens with zero attached hydrogens (tertiary/aromatic N) is 2. The second-order valence-electron chi connectivity index (χ2n) is 7.21. The Morgan fingerprint density at radius 3 is 2.84 bits per heavy atom. The third-order valence-electron chi connectivity index (χ3n) is 5.03. The number of carbonyl (C=O) groups excluding carboxylic acids is 1. The van der Waals surface area contributed by atoms with Crippen LogP contribution in [0.3, 0.4) is 0 Å². The summed E-state index contributed by atoms with van der Waals surface area (Å²) in [6, 6.07) is 15.6. The van der Waals surface area contributed by atoms with Gasteiger partial charge in [0.1, 0.15) is 17.6 Å². The summed E-state index contributed by atoms with van der Waals surface area (Å²) >= 11 is 0. The fraction of sp³-hybridized carbons (Fsp3) is 0.130. The van der Waals surface area contributed by atoms with Crippen LogP contribution in [0.2, 0.25) is 0 Å². The highest BCUT2D eigenvalue weighted by Gasteiger charge is 2.24. The van der Waals surface area contributed by atoms with Crippen molar-refractivity contribution < 1.29 is 9.18 Å². The Hall–Kier alpha value is -3.54. The number of nitrogens with one attached hydrogen (secondary N) is 3. The van der Waals surface area contributed by atoms with Gasteiger partial charge in [-0.2, -0.15) is 5.26 Å². The molecule has 4 rings (SSSR count). The Morgan fingerprint density at radius 1 is 1.32 bits per heavy atom. The lowest BCUT2D eigenvalue weighted by molar-refractivity contribution is 0.101. The number of hydrogen-bond donors (Lipinski definition) is 3. The molecule has 1 amide bonds. The standard InChI is InChI=1S/C23H20FN5OS/c1-29-14-21-19(9-7-18(28-31(21)26)11-15-5-3-2-4-6-15)22(29)23(30)27-17-8-10-20(24)16(12-17)13-25/h2-10,12,14,18H,11H2,1H3,(H2,26,28)(H,27,30)/t18-,31?/m1/s1. The molecule has 0 spiro atoms. The molecular weight excluding hydrogens is 413 g/mol. The fourth-order valence-electron chi connectivity index (χ4n) is 3.55. The first-order valence-electron chi connectivity index (χ1n) is 9.60. The molecule has 2 aromatic carbocycles. The third-order valence-corrected chi connectivity index (χ3v) is 6.33. The third kappa shape index (κ3) is 4.33. The molecule has 0 saturated carbocycles. The van der Waals surface area contributed by atoms with Gasteiger partial charge in [-0.05, 0) is 41.1 Å². The predicted octanol–water partition coefficient (Wildman–Crippen LogP) is 4.17. The average Bonchev–Trinajstić information content (AvgIpc) is 3.02. The van der Waals surface area contributed by atoms with Gasteiger partial charge >= 0.3 is 0 Å². The zero-order valence-corrected chi connectivity index (χ0v) is 17.5. The molecule has 1 aliphatic rings. The van der Waals surface area contributed by atoms with E-state index in [1.807, 2.05) is 42.5 Å². The molecule has 3 aromatic rings. The number of rotatable bonds is 4. The number of amides is 1. The van der Waals surface area contributed by atoms with Crippen molar-refractivity contribution in [1.29, 1.82) is 10.0 Å². The van der Waals surface area contributed by atoms with Crippen LogP contribution in [-0.2, 0) is 24.3 Å². The molecule has 31 heavy (non-hydrogen) atoms. The van der Waals surface area contributed by atoms with E-state index in [0.29, 0.717) is 16.9 Å². The van der Waals surface area contributed by atoms with Crippen LogP contribution in [0.5, 0.6) is 0 Å². The van der Waals surface area contributed by atoms with Gasteiger partial charge in [0.25, 0.3) is 5.91 Å². The first-order valence-corrected chi connectivity index (χ1v) is 10.8. The van der Waals surface area contributed by atoms with E-state index in [1.54, 1.807) is 23.9 Å². The van der Waals surface area contributed by atoms with Crippen LogP contribution in [0.1, 0.15) is 27.2 Å². The van der Waals surface area contributed by atoms with Gasteiger partial charge in [-0.25, -0.2) is 9.11 Å². The molecule has 1 aromatic heterocycles. The van der Waals surface area contributed by atoms with Crippen molar-refractivity contribution in [2.75, 3.05) is 5.32 Å². The maximum atomic E-state index is 13.6. The summed E-state index contributed by atoms with van der Waals surface area (Å²) in [5, 5.41) is 11.7. The summed E-state index contributed by atoms with van der Waals surface area (Å²) in [4.78, 5) is 13.8. The van der Waals surface area contributed by atoms with Crippen molar-refractivity contribution in [3.05, 3.63) is 89.0 Å². The number of nitriles is 1. The van der Waals surface area contributed by atoms with Gasteiger partial charge in [0.2, 0.25) is 0 Å². The minimum Gasteiger partial charge on any atom is -0.345 e. The molecule has 8 heteroatoms. The lowest BCUT2D eigenvalue weighted by atomic mass is 10.1. The Labute approximate surface area is 182 Å². The highest BCUT2D eigenvalue weighted by molar-refractivity contribution is 7.84. The highest BCUT2D eigenvalue weighted by atomic mass is 32.2. The zero-order chi connectivity index (χ0) is 22.0. The van der Waals surface area contributed by atoms with Crippen LogP contribution in [0.4, 0.5) is 10.1 Å². The fourth-order valence-corrected chi connectivity index (χ4v) is 4.79. The maximum absolute atomic E-state index is 13.6. The van der Waals surface area contributed by atoms with Gasteiger partial charge in [0, 0.05) is 30.5 Å². The van der Waals surface area contributed by atoms with E-state index in [0.717, 1.165) is 22.9 Å². The summed E-state index contributed by atoms with van der Waals surface area (Å²) in [7, 11) is 0.749. The number of hydrogen-bond acceptors (Lipinski definition) is 3. The SMILES string of the molecule is Cn1cc2c(c1C(=O)Nc1ccc(F)c(C#N)c1)C=C[C@H](Cc1ccccc1)NS2=N. The number of fused-ring (bicyclic) bond motifs is 1. The van der Waals surface area contributed by atoms with Gasteiger partial charge in [-0.15, -0.1) is 0 Å². The van der Waals surface area contributed by atoms with Crippen LogP contribution in [-0.4, -0.2) is 16.5 Å². The lowest BCUT2D eigenvalue weighted by Crippen LogP contribution is -2.29. The molecule has 1 aliphatic heterocycles. The van der Waals surface area contributed by atoms with Crippen LogP contribution < -0.4 is 10.0 Å². The van der Waals surface area contributed by atoms with Gasteiger partial charge in [-0.1, -0.05) is 42.5 Å². The number of anilines is 1. The lowest BCUT2D eigenvalue weighted by Gasteiger charge is -2.14. The Morgan fingerprint density at radius 2 is 2.10 bits per heavy atom. The number of benzene rings is 2. The Kier molecular flexibility index (Phi) is 5.80. The van der Waals surface area contributed by atoms with Crippen molar-refractivity contribution in [2.24, 2.45) is 7.05 Å². The highest BCUT2D eigenvalue weighted by Crippen LogP contribution is 2.26. The second-order valence-corrected chi connectivity index (χ2v) is 8.49. The smallest absolute Gasteiger partial charge is 0.272 e. The Balaban J connectivity index is 1.62.